The molecule has 5 heteroatoms. The van der Waals surface area contributed by atoms with E-state index in [4.69, 9.17) is 0 Å². The maximum absolute atomic E-state index is 11.4. The molecule has 0 radical (unpaired) electrons. The highest BCUT2D eigenvalue weighted by Gasteiger charge is 2.07. The second-order valence-corrected chi connectivity index (χ2v) is 4.43. The van der Waals surface area contributed by atoms with Crippen molar-refractivity contribution in [2.24, 2.45) is 7.05 Å². The van der Waals surface area contributed by atoms with Crippen LogP contribution in [0, 0.1) is 0 Å². The van der Waals surface area contributed by atoms with Gasteiger partial charge in [-0.05, 0) is 13.3 Å². The first-order chi connectivity index (χ1) is 7.13. The van der Waals surface area contributed by atoms with Crippen LogP contribution >= 0.6 is 11.8 Å². The summed E-state index contributed by atoms with van der Waals surface area (Å²) < 4.78 is 1.90. The van der Waals surface area contributed by atoms with E-state index in [0.717, 1.165) is 11.6 Å². The van der Waals surface area contributed by atoms with Gasteiger partial charge in [-0.2, -0.15) is 0 Å². The van der Waals surface area contributed by atoms with Crippen molar-refractivity contribution in [2.45, 2.75) is 31.5 Å². The first-order valence-corrected chi connectivity index (χ1v) is 6.01. The van der Waals surface area contributed by atoms with Crippen molar-refractivity contribution >= 4 is 17.7 Å². The van der Waals surface area contributed by atoms with Crippen LogP contribution < -0.4 is 5.32 Å². The molecule has 0 aliphatic carbocycles. The average molecular weight is 227 g/mol. The number of imidazole rings is 1. The molecule has 1 heterocycles. The van der Waals surface area contributed by atoms with Crippen LogP contribution in [0.3, 0.4) is 0 Å². The topological polar surface area (TPSA) is 46.9 Å². The molecule has 1 aromatic heterocycles. The fraction of sp³-hybridized carbons (Fsp3) is 0.600. The zero-order chi connectivity index (χ0) is 11.3. The van der Waals surface area contributed by atoms with E-state index in [0.29, 0.717) is 5.75 Å². The Morgan fingerprint density at radius 1 is 1.73 bits per heavy atom. The van der Waals surface area contributed by atoms with Crippen LogP contribution in [0.5, 0.6) is 0 Å². The molecule has 0 unspecified atom stereocenters. The van der Waals surface area contributed by atoms with E-state index < -0.39 is 0 Å². The lowest BCUT2D eigenvalue weighted by Crippen LogP contribution is -2.33. The summed E-state index contributed by atoms with van der Waals surface area (Å²) in [7, 11) is 1.92. The number of carbonyl (C=O) groups excluding carboxylic acids is 1. The molecular weight excluding hydrogens is 210 g/mol. The molecule has 0 saturated carbocycles. The Kier molecular flexibility index (Phi) is 4.68. The largest absolute Gasteiger partial charge is 0.353 e. The lowest BCUT2D eigenvalue weighted by atomic mass is 10.3. The minimum atomic E-state index is 0.0670. The number of thioether (sulfide) groups is 1. The molecule has 1 rings (SSSR count). The van der Waals surface area contributed by atoms with Crippen molar-refractivity contribution in [3.05, 3.63) is 12.4 Å². The minimum absolute atomic E-state index is 0.0670. The molecule has 4 nitrogen and oxygen atoms in total. The van der Waals surface area contributed by atoms with Crippen LogP contribution in [-0.4, -0.2) is 27.3 Å². The summed E-state index contributed by atoms with van der Waals surface area (Å²) in [6, 6.07) is 0.250. The number of carbonyl (C=O) groups is 1. The lowest BCUT2D eigenvalue weighted by Gasteiger charge is -2.10. The van der Waals surface area contributed by atoms with Crippen LogP contribution in [0.25, 0.3) is 0 Å². The third-order valence-electron chi connectivity index (χ3n) is 2.13. The molecule has 15 heavy (non-hydrogen) atoms. The Balaban J connectivity index is 2.31. The van der Waals surface area contributed by atoms with Gasteiger partial charge in [0.05, 0.1) is 5.75 Å². The SMILES string of the molecule is CC[C@H](C)NC(=O)CSc1nccn1C. The molecule has 0 fully saturated rings. The molecule has 1 atom stereocenters. The maximum atomic E-state index is 11.4. The first kappa shape index (κ1) is 12.1. The summed E-state index contributed by atoms with van der Waals surface area (Å²) in [5.41, 5.74) is 0. The van der Waals surface area contributed by atoms with E-state index in [-0.39, 0.29) is 11.9 Å². The van der Waals surface area contributed by atoms with Gasteiger partial charge in [-0.3, -0.25) is 4.79 Å². The Morgan fingerprint density at radius 2 is 2.47 bits per heavy atom. The molecule has 0 aromatic carbocycles. The predicted molar refractivity (Wildman–Crippen MR) is 61.8 cm³/mol. The third-order valence-corrected chi connectivity index (χ3v) is 3.19. The average Bonchev–Trinajstić information content (AvgIpc) is 2.61. The maximum Gasteiger partial charge on any atom is 0.230 e. The van der Waals surface area contributed by atoms with E-state index in [1.807, 2.05) is 24.7 Å². The third kappa shape index (κ3) is 3.95. The smallest absolute Gasteiger partial charge is 0.230 e. The molecule has 0 aliphatic rings. The molecule has 1 aromatic rings. The number of nitrogens with one attached hydrogen (secondary N) is 1. The molecule has 0 bridgehead atoms. The Labute approximate surface area is 94.5 Å². The summed E-state index contributed by atoms with van der Waals surface area (Å²) in [6.07, 6.45) is 4.56. The second-order valence-electron chi connectivity index (χ2n) is 3.49. The van der Waals surface area contributed by atoms with E-state index in [2.05, 4.69) is 17.2 Å². The van der Waals surface area contributed by atoms with Crippen LogP contribution in [-0.2, 0) is 11.8 Å². The van der Waals surface area contributed by atoms with E-state index in [1.54, 1.807) is 6.20 Å². The number of amides is 1. The number of hydrogen-bond acceptors (Lipinski definition) is 3. The highest BCUT2D eigenvalue weighted by atomic mass is 32.2. The molecule has 0 saturated heterocycles. The van der Waals surface area contributed by atoms with Gasteiger partial charge in [-0.25, -0.2) is 4.98 Å². The van der Waals surface area contributed by atoms with Crippen molar-refractivity contribution in [3.8, 4) is 0 Å². The molecule has 84 valence electrons. The van der Waals surface area contributed by atoms with Crippen molar-refractivity contribution < 1.29 is 4.79 Å². The molecular formula is C10H17N3OS. The standard InChI is InChI=1S/C10H17N3OS/c1-4-8(2)12-9(14)7-15-10-11-5-6-13(10)3/h5-6,8H,4,7H2,1-3H3,(H,12,14)/t8-/m0/s1. The van der Waals surface area contributed by atoms with Crippen LogP contribution in [0.4, 0.5) is 0 Å². The van der Waals surface area contributed by atoms with Gasteiger partial charge in [0.15, 0.2) is 5.16 Å². The number of rotatable bonds is 5. The number of aryl methyl sites for hydroxylation is 1. The van der Waals surface area contributed by atoms with Gasteiger partial charge in [0.1, 0.15) is 0 Å². The van der Waals surface area contributed by atoms with Gasteiger partial charge in [-0.1, -0.05) is 18.7 Å². The summed E-state index contributed by atoms with van der Waals surface area (Å²) in [5.74, 6) is 0.493. The van der Waals surface area contributed by atoms with Gasteiger partial charge in [0.2, 0.25) is 5.91 Å². The molecule has 0 spiro atoms. The van der Waals surface area contributed by atoms with Crippen molar-refractivity contribution in [2.75, 3.05) is 5.75 Å². The summed E-state index contributed by atoms with van der Waals surface area (Å²) >= 11 is 1.45. The Bertz CT molecular complexity index is 324. The fourth-order valence-electron chi connectivity index (χ4n) is 1.04. The van der Waals surface area contributed by atoms with Gasteiger partial charge in [-0.15, -0.1) is 0 Å². The number of nitrogens with zero attached hydrogens (tertiary/aromatic N) is 2. The quantitative estimate of drug-likeness (QED) is 0.774. The van der Waals surface area contributed by atoms with Crippen LogP contribution in [0.2, 0.25) is 0 Å². The first-order valence-electron chi connectivity index (χ1n) is 5.03. The second kappa shape index (κ2) is 5.80. The monoisotopic (exact) mass is 227 g/mol. The molecule has 1 amide bonds. The Morgan fingerprint density at radius 3 is 3.00 bits per heavy atom. The number of aromatic nitrogens is 2. The van der Waals surface area contributed by atoms with E-state index >= 15 is 0 Å². The van der Waals surface area contributed by atoms with Crippen molar-refractivity contribution in [1.82, 2.24) is 14.9 Å². The van der Waals surface area contributed by atoms with Crippen LogP contribution in [0.1, 0.15) is 20.3 Å². The van der Waals surface area contributed by atoms with Gasteiger partial charge < -0.3 is 9.88 Å². The summed E-state index contributed by atoms with van der Waals surface area (Å²) in [4.78, 5) is 15.6. The van der Waals surface area contributed by atoms with E-state index in [9.17, 15) is 4.79 Å². The fourth-order valence-corrected chi connectivity index (χ4v) is 1.78. The highest BCUT2D eigenvalue weighted by molar-refractivity contribution is 7.99. The van der Waals surface area contributed by atoms with Crippen molar-refractivity contribution in [3.63, 3.8) is 0 Å². The minimum Gasteiger partial charge on any atom is -0.353 e. The molecule has 0 aliphatic heterocycles. The highest BCUT2D eigenvalue weighted by Crippen LogP contribution is 2.13. The predicted octanol–water partition coefficient (Wildman–Crippen LogP) is 1.43. The zero-order valence-corrected chi connectivity index (χ0v) is 10.2. The van der Waals surface area contributed by atoms with Gasteiger partial charge in [0, 0.05) is 25.5 Å². The van der Waals surface area contributed by atoms with Gasteiger partial charge >= 0.3 is 0 Å². The van der Waals surface area contributed by atoms with Gasteiger partial charge in [0.25, 0.3) is 0 Å². The number of hydrogen-bond donors (Lipinski definition) is 1. The lowest BCUT2D eigenvalue weighted by molar-refractivity contribution is -0.119. The summed E-state index contributed by atoms with van der Waals surface area (Å²) in [5, 5.41) is 3.78. The normalized spacial score (nSPS) is 12.5. The Hall–Kier alpha value is -0.970. The van der Waals surface area contributed by atoms with Crippen molar-refractivity contribution in [1.29, 1.82) is 0 Å². The van der Waals surface area contributed by atoms with E-state index in [1.165, 1.54) is 11.8 Å². The molecule has 1 N–H and O–H groups in total. The summed E-state index contributed by atoms with van der Waals surface area (Å²) in [6.45, 7) is 4.06. The van der Waals surface area contributed by atoms with Crippen LogP contribution in [0.15, 0.2) is 17.6 Å². The zero-order valence-electron chi connectivity index (χ0n) is 9.36.